The Morgan fingerprint density at radius 1 is 1.05 bits per heavy atom. The van der Waals surface area contributed by atoms with E-state index in [1.54, 1.807) is 23.6 Å². The van der Waals surface area contributed by atoms with Crippen LogP contribution in [0.5, 0.6) is 11.6 Å². The van der Waals surface area contributed by atoms with Gasteiger partial charge >= 0.3 is 6.18 Å². The number of thiophene rings is 1. The first-order valence-electron chi connectivity index (χ1n) is 12.1. The van der Waals surface area contributed by atoms with Crippen LogP contribution in [0.1, 0.15) is 18.1 Å². The molecule has 3 aromatic rings. The van der Waals surface area contributed by atoms with Gasteiger partial charge < -0.3 is 29.3 Å². The summed E-state index contributed by atoms with van der Waals surface area (Å²) >= 11 is 0.928. The highest BCUT2D eigenvalue weighted by Crippen LogP contribution is 2.41. The minimum absolute atomic E-state index is 0.175. The van der Waals surface area contributed by atoms with Gasteiger partial charge in [0.25, 0.3) is 5.97 Å². The Morgan fingerprint density at radius 3 is 2.35 bits per heavy atom. The maximum atomic E-state index is 14.5. The van der Waals surface area contributed by atoms with Crippen molar-refractivity contribution < 1.29 is 36.9 Å². The molecule has 0 saturated carbocycles. The predicted octanol–water partition coefficient (Wildman–Crippen LogP) is 5.24. The molecule has 9 nitrogen and oxygen atoms in total. The largest absolute Gasteiger partial charge is 0.495 e. The van der Waals surface area contributed by atoms with Crippen LogP contribution in [-0.2, 0) is 17.5 Å². The average Bonchev–Trinajstić information content (AvgIpc) is 3.30. The lowest BCUT2D eigenvalue weighted by Crippen LogP contribution is -2.54. The van der Waals surface area contributed by atoms with E-state index in [2.05, 4.69) is 14.9 Å². The van der Waals surface area contributed by atoms with Gasteiger partial charge in [0.15, 0.2) is 0 Å². The second-order valence-corrected chi connectivity index (χ2v) is 9.64. The lowest BCUT2D eigenvalue weighted by Gasteiger charge is -2.42. The van der Waals surface area contributed by atoms with Gasteiger partial charge in [0.05, 0.1) is 32.0 Å². The summed E-state index contributed by atoms with van der Waals surface area (Å²) in [6.45, 7) is 3.57. The van der Waals surface area contributed by atoms with Crippen LogP contribution in [0.25, 0.3) is 0 Å². The lowest BCUT2D eigenvalue weighted by atomic mass is 10.1. The first kappa shape index (κ1) is 28.9. The number of alkyl halides is 3. The number of pyridine rings is 1. The van der Waals surface area contributed by atoms with E-state index in [4.69, 9.17) is 19.4 Å². The zero-order valence-corrected chi connectivity index (χ0v) is 22.7. The van der Waals surface area contributed by atoms with Crippen LogP contribution in [0.3, 0.4) is 0 Å². The molecule has 0 radical (unpaired) electrons. The maximum absolute atomic E-state index is 14.5. The molecule has 5 rings (SSSR count). The molecule has 2 aliphatic rings. The number of fused-ring (bicyclic) bond motifs is 1. The number of aliphatic carboxylic acids is 1. The number of nitrogens with zero attached hydrogens (tertiary/aromatic N) is 5. The first-order valence-corrected chi connectivity index (χ1v) is 13.0. The number of ether oxygens (including phenoxy) is 2. The molecule has 214 valence electrons. The number of halogens is 4. The SMILES string of the molecule is CC(=O)O.COc1cc(N2CCN(C3=Nc4c(csc4F)CN3c3cc(C(F)(F)F)ccc3OC)CC2)ccn1. The monoisotopic (exact) mass is 581 g/mol. The second kappa shape index (κ2) is 12.0. The molecule has 0 bridgehead atoms. The molecule has 14 heteroatoms. The van der Waals surface area contributed by atoms with Crippen molar-refractivity contribution in [2.24, 2.45) is 4.99 Å². The zero-order chi connectivity index (χ0) is 29.0. The highest BCUT2D eigenvalue weighted by Gasteiger charge is 2.35. The molecule has 1 aromatic carbocycles. The highest BCUT2D eigenvalue weighted by atomic mass is 32.1. The summed E-state index contributed by atoms with van der Waals surface area (Å²) < 4.78 is 65.8. The number of methoxy groups -OCH3 is 2. The molecule has 4 heterocycles. The summed E-state index contributed by atoms with van der Waals surface area (Å²) in [7, 11) is 2.96. The highest BCUT2D eigenvalue weighted by molar-refractivity contribution is 7.08. The van der Waals surface area contributed by atoms with E-state index in [1.807, 2.05) is 17.0 Å². The molecule has 2 aliphatic heterocycles. The average molecular weight is 582 g/mol. The van der Waals surface area contributed by atoms with E-state index in [1.165, 1.54) is 13.2 Å². The predicted molar refractivity (Wildman–Crippen MR) is 143 cm³/mol. The van der Waals surface area contributed by atoms with Gasteiger partial charge in [0, 0.05) is 62.0 Å². The Labute approximate surface area is 231 Å². The molecule has 40 heavy (non-hydrogen) atoms. The van der Waals surface area contributed by atoms with Gasteiger partial charge in [-0.05, 0) is 24.3 Å². The fourth-order valence-corrected chi connectivity index (χ4v) is 5.09. The third-order valence-electron chi connectivity index (χ3n) is 6.23. The molecule has 0 unspecified atom stereocenters. The molecule has 0 aliphatic carbocycles. The van der Waals surface area contributed by atoms with Crippen molar-refractivity contribution in [3.8, 4) is 11.6 Å². The number of anilines is 2. The molecule has 0 atom stereocenters. The standard InChI is InChI=1S/C24H23F4N5O2S.C2H4O2/c1-34-19-4-3-16(24(26,27)28)11-18(19)33-13-15-14-36-22(25)21(15)30-23(33)32-9-7-31(8-10-32)17-5-6-29-20(12-17)35-2;1-2(3)4/h3-6,11-12,14H,7-10,13H2,1-2H3;1H3,(H,3,4). The number of guanidine groups is 1. The van der Waals surface area contributed by atoms with Crippen molar-refractivity contribution in [1.29, 1.82) is 0 Å². The van der Waals surface area contributed by atoms with Gasteiger partial charge in [-0.1, -0.05) is 0 Å². The number of carbonyl (C=O) groups is 1. The van der Waals surface area contributed by atoms with E-state index < -0.39 is 22.8 Å². The fourth-order valence-electron chi connectivity index (χ4n) is 4.37. The number of carboxylic acid groups (broad SMARTS) is 1. The zero-order valence-electron chi connectivity index (χ0n) is 21.9. The number of hydrogen-bond acceptors (Lipinski definition) is 9. The number of aliphatic imine (C=N–C) groups is 1. The number of piperazine rings is 1. The Kier molecular flexibility index (Phi) is 8.67. The quantitative estimate of drug-likeness (QED) is 0.419. The normalized spacial score (nSPS) is 15.1. The summed E-state index contributed by atoms with van der Waals surface area (Å²) in [6.07, 6.45) is -2.85. The molecule has 0 amide bonds. The minimum atomic E-state index is -4.52. The summed E-state index contributed by atoms with van der Waals surface area (Å²) in [5.74, 6) is 0.344. The van der Waals surface area contributed by atoms with Crippen LogP contribution in [0, 0.1) is 5.13 Å². The summed E-state index contributed by atoms with van der Waals surface area (Å²) in [6, 6.07) is 7.08. The summed E-state index contributed by atoms with van der Waals surface area (Å²) in [4.78, 5) is 23.5. The fraction of sp³-hybridized carbons (Fsp3) is 0.346. The molecule has 1 N–H and O–H groups in total. The second-order valence-electron chi connectivity index (χ2n) is 8.82. The molecular weight excluding hydrogens is 554 g/mol. The topological polar surface area (TPSA) is 90.7 Å². The number of benzene rings is 1. The minimum Gasteiger partial charge on any atom is -0.495 e. The summed E-state index contributed by atoms with van der Waals surface area (Å²) in [5, 5.41) is 8.65. The smallest absolute Gasteiger partial charge is 0.416 e. The van der Waals surface area contributed by atoms with Crippen molar-refractivity contribution >= 4 is 40.3 Å². The van der Waals surface area contributed by atoms with Crippen molar-refractivity contribution in [1.82, 2.24) is 9.88 Å². The van der Waals surface area contributed by atoms with Crippen LogP contribution in [-0.4, -0.2) is 67.3 Å². The van der Waals surface area contributed by atoms with Crippen LogP contribution in [0.15, 0.2) is 46.9 Å². The van der Waals surface area contributed by atoms with Gasteiger partial charge in [-0.2, -0.15) is 17.6 Å². The number of carboxylic acids is 1. The molecule has 1 saturated heterocycles. The van der Waals surface area contributed by atoms with E-state index in [9.17, 15) is 17.6 Å². The van der Waals surface area contributed by atoms with Crippen LogP contribution < -0.4 is 19.3 Å². The summed E-state index contributed by atoms with van der Waals surface area (Å²) in [5.41, 5.74) is 1.23. The Balaban J connectivity index is 0.000000867. The van der Waals surface area contributed by atoms with Gasteiger partial charge in [-0.15, -0.1) is 11.3 Å². The third kappa shape index (κ3) is 6.38. The van der Waals surface area contributed by atoms with Crippen molar-refractivity contribution in [3.63, 3.8) is 0 Å². The van der Waals surface area contributed by atoms with Crippen LogP contribution >= 0.6 is 11.3 Å². The van der Waals surface area contributed by atoms with Gasteiger partial charge in [-0.25, -0.2) is 9.98 Å². The van der Waals surface area contributed by atoms with Crippen molar-refractivity contribution in [2.45, 2.75) is 19.6 Å². The molecule has 1 fully saturated rings. The van der Waals surface area contributed by atoms with Crippen LogP contribution in [0.2, 0.25) is 0 Å². The van der Waals surface area contributed by atoms with Gasteiger partial charge in [0.1, 0.15) is 11.4 Å². The Bertz CT molecular complexity index is 1390. The van der Waals surface area contributed by atoms with E-state index in [-0.39, 0.29) is 23.7 Å². The van der Waals surface area contributed by atoms with Gasteiger partial charge in [-0.3, -0.25) is 4.79 Å². The van der Waals surface area contributed by atoms with Crippen LogP contribution in [0.4, 0.5) is 34.6 Å². The number of aromatic nitrogens is 1. The van der Waals surface area contributed by atoms with E-state index in [0.717, 1.165) is 36.1 Å². The Morgan fingerprint density at radius 2 is 1.73 bits per heavy atom. The number of rotatable bonds is 4. The lowest BCUT2D eigenvalue weighted by molar-refractivity contribution is -0.137. The maximum Gasteiger partial charge on any atom is 0.416 e. The third-order valence-corrected chi connectivity index (χ3v) is 7.03. The molecular formula is C26H27F4N5O4S. The van der Waals surface area contributed by atoms with Gasteiger partial charge in [0.2, 0.25) is 17.0 Å². The molecule has 0 spiro atoms. The first-order chi connectivity index (χ1) is 19.0. The number of hydrogen-bond donors (Lipinski definition) is 1. The van der Waals surface area contributed by atoms with E-state index in [0.29, 0.717) is 43.6 Å². The molecule has 2 aromatic heterocycles. The van der Waals surface area contributed by atoms with E-state index >= 15 is 0 Å². The van der Waals surface area contributed by atoms with Crippen molar-refractivity contribution in [3.05, 3.63) is 58.2 Å². The Hall–Kier alpha value is -4.07. The van der Waals surface area contributed by atoms with Crippen molar-refractivity contribution in [2.75, 3.05) is 50.2 Å².